The highest BCUT2D eigenvalue weighted by atomic mass is 16.1. The molecular formula is C17H25N5O. The molecule has 0 spiro atoms. The Balaban J connectivity index is 1.58. The summed E-state index contributed by atoms with van der Waals surface area (Å²) in [6, 6.07) is 2.18. The smallest absolute Gasteiger partial charge is 0.260 e. The van der Waals surface area contributed by atoms with Crippen LogP contribution in [0.4, 0.5) is 5.82 Å². The lowest BCUT2D eigenvalue weighted by molar-refractivity contribution is 0.102. The van der Waals surface area contributed by atoms with Crippen molar-refractivity contribution in [2.24, 2.45) is 5.92 Å². The number of hydrogen-bond donors (Lipinski definition) is 2. The van der Waals surface area contributed by atoms with Crippen LogP contribution in [0.3, 0.4) is 0 Å². The summed E-state index contributed by atoms with van der Waals surface area (Å²) < 4.78 is 1.77. The minimum atomic E-state index is -0.174. The summed E-state index contributed by atoms with van der Waals surface area (Å²) in [6.07, 6.45) is 11.0. The Morgan fingerprint density at radius 1 is 1.39 bits per heavy atom. The standard InChI is InChI=1S/C17H25N5O/c1-12(2)22-11-14(10-18-22)17(23)19-16-9-15(20-21-16)8-13-6-4-3-5-7-13/h9-13H,3-8H2,1-2H3,(H2,19,20,21,23). The highest BCUT2D eigenvalue weighted by molar-refractivity contribution is 6.03. The summed E-state index contributed by atoms with van der Waals surface area (Å²) in [5.41, 5.74) is 1.65. The fourth-order valence-corrected chi connectivity index (χ4v) is 3.16. The molecule has 2 aromatic heterocycles. The van der Waals surface area contributed by atoms with Crippen LogP contribution in [0.25, 0.3) is 0 Å². The van der Waals surface area contributed by atoms with Gasteiger partial charge in [-0.2, -0.15) is 10.2 Å². The van der Waals surface area contributed by atoms with Crippen molar-refractivity contribution in [3.63, 3.8) is 0 Å². The molecule has 1 aliphatic rings. The van der Waals surface area contributed by atoms with Crippen LogP contribution in [-0.4, -0.2) is 25.9 Å². The quantitative estimate of drug-likeness (QED) is 0.885. The van der Waals surface area contributed by atoms with Gasteiger partial charge in [0.1, 0.15) is 0 Å². The molecule has 124 valence electrons. The van der Waals surface area contributed by atoms with Gasteiger partial charge in [0.05, 0.1) is 11.8 Å². The summed E-state index contributed by atoms with van der Waals surface area (Å²) in [5.74, 6) is 1.16. The first-order valence-corrected chi connectivity index (χ1v) is 8.51. The molecule has 0 bridgehead atoms. The largest absolute Gasteiger partial charge is 0.305 e. The van der Waals surface area contributed by atoms with Crippen LogP contribution in [0, 0.1) is 5.92 Å². The monoisotopic (exact) mass is 315 g/mol. The van der Waals surface area contributed by atoms with Gasteiger partial charge in [-0.1, -0.05) is 32.1 Å². The van der Waals surface area contributed by atoms with E-state index in [0.717, 1.165) is 18.0 Å². The van der Waals surface area contributed by atoms with Gasteiger partial charge in [0.15, 0.2) is 5.82 Å². The maximum absolute atomic E-state index is 12.2. The lowest BCUT2D eigenvalue weighted by Gasteiger charge is -2.20. The summed E-state index contributed by atoms with van der Waals surface area (Å²) in [4.78, 5) is 12.2. The number of anilines is 1. The highest BCUT2D eigenvalue weighted by Gasteiger charge is 2.16. The van der Waals surface area contributed by atoms with Crippen LogP contribution in [0.2, 0.25) is 0 Å². The van der Waals surface area contributed by atoms with Crippen LogP contribution in [0.1, 0.15) is 68.0 Å². The van der Waals surface area contributed by atoms with Gasteiger partial charge in [0.2, 0.25) is 0 Å². The SMILES string of the molecule is CC(C)n1cc(C(=O)Nc2cc(CC3CCCCC3)[nH]n2)cn1. The first-order chi connectivity index (χ1) is 11.1. The molecule has 0 radical (unpaired) electrons. The van der Waals surface area contributed by atoms with Crippen molar-refractivity contribution in [2.45, 2.75) is 58.4 Å². The zero-order chi connectivity index (χ0) is 16.2. The van der Waals surface area contributed by atoms with Crippen LogP contribution in [0.15, 0.2) is 18.5 Å². The van der Waals surface area contributed by atoms with Crippen molar-refractivity contribution in [1.82, 2.24) is 20.0 Å². The number of carbonyl (C=O) groups excluding carboxylic acids is 1. The van der Waals surface area contributed by atoms with Gasteiger partial charge in [-0.15, -0.1) is 0 Å². The molecule has 23 heavy (non-hydrogen) atoms. The minimum Gasteiger partial charge on any atom is -0.305 e. The molecule has 1 amide bonds. The average Bonchev–Trinajstić information content (AvgIpc) is 3.18. The summed E-state index contributed by atoms with van der Waals surface area (Å²) in [7, 11) is 0. The zero-order valence-corrected chi connectivity index (χ0v) is 13.9. The molecule has 6 heteroatoms. The molecule has 0 aliphatic heterocycles. The fraction of sp³-hybridized carbons (Fsp3) is 0.588. The molecule has 2 heterocycles. The molecule has 0 unspecified atom stereocenters. The number of aromatic amines is 1. The third-order valence-corrected chi connectivity index (χ3v) is 4.50. The van der Waals surface area contributed by atoms with E-state index >= 15 is 0 Å². The minimum absolute atomic E-state index is 0.174. The van der Waals surface area contributed by atoms with E-state index in [0.29, 0.717) is 11.4 Å². The summed E-state index contributed by atoms with van der Waals surface area (Å²) in [5, 5.41) is 14.3. The van der Waals surface area contributed by atoms with E-state index in [9.17, 15) is 4.79 Å². The number of rotatable bonds is 5. The van der Waals surface area contributed by atoms with Crippen LogP contribution in [0.5, 0.6) is 0 Å². The molecule has 2 N–H and O–H groups in total. The van der Waals surface area contributed by atoms with Gasteiger partial charge < -0.3 is 5.32 Å². The molecule has 0 aromatic carbocycles. The topological polar surface area (TPSA) is 75.6 Å². The Hall–Kier alpha value is -2.11. The van der Waals surface area contributed by atoms with E-state index in [1.54, 1.807) is 17.1 Å². The third kappa shape index (κ3) is 4.00. The summed E-state index contributed by atoms with van der Waals surface area (Å²) in [6.45, 7) is 4.06. The Bertz CT molecular complexity index is 651. The van der Waals surface area contributed by atoms with Gasteiger partial charge in [0, 0.05) is 24.0 Å². The number of nitrogens with zero attached hydrogens (tertiary/aromatic N) is 3. The van der Waals surface area contributed by atoms with Crippen LogP contribution in [-0.2, 0) is 6.42 Å². The maximum Gasteiger partial charge on any atom is 0.260 e. The molecule has 1 saturated carbocycles. The second-order valence-electron chi connectivity index (χ2n) is 6.74. The molecular weight excluding hydrogens is 290 g/mol. The third-order valence-electron chi connectivity index (χ3n) is 4.50. The predicted octanol–water partition coefficient (Wildman–Crippen LogP) is 3.56. The number of nitrogens with one attached hydrogen (secondary N) is 2. The highest BCUT2D eigenvalue weighted by Crippen LogP contribution is 2.26. The first-order valence-electron chi connectivity index (χ1n) is 8.51. The molecule has 6 nitrogen and oxygen atoms in total. The Labute approximate surface area is 136 Å². The average molecular weight is 315 g/mol. The molecule has 0 saturated heterocycles. The van der Waals surface area contributed by atoms with Gasteiger partial charge >= 0.3 is 0 Å². The number of amides is 1. The van der Waals surface area contributed by atoms with E-state index in [1.165, 1.54) is 32.1 Å². The zero-order valence-electron chi connectivity index (χ0n) is 13.9. The first kappa shape index (κ1) is 15.8. The molecule has 1 fully saturated rings. The lowest BCUT2D eigenvalue weighted by Crippen LogP contribution is -2.11. The Morgan fingerprint density at radius 3 is 2.87 bits per heavy atom. The van der Waals surface area contributed by atoms with Gasteiger partial charge in [0.25, 0.3) is 5.91 Å². The number of aromatic nitrogens is 4. The van der Waals surface area contributed by atoms with Crippen molar-refractivity contribution in [3.8, 4) is 0 Å². The van der Waals surface area contributed by atoms with Crippen molar-refractivity contribution < 1.29 is 4.79 Å². The van der Waals surface area contributed by atoms with Crippen molar-refractivity contribution >= 4 is 11.7 Å². The fourth-order valence-electron chi connectivity index (χ4n) is 3.16. The van der Waals surface area contributed by atoms with E-state index in [1.807, 2.05) is 19.9 Å². The Kier molecular flexibility index (Phi) is 4.79. The van der Waals surface area contributed by atoms with Crippen molar-refractivity contribution in [2.75, 3.05) is 5.32 Å². The Morgan fingerprint density at radius 2 is 2.17 bits per heavy atom. The molecule has 1 aliphatic carbocycles. The van der Waals surface area contributed by atoms with Crippen molar-refractivity contribution in [3.05, 3.63) is 29.7 Å². The van der Waals surface area contributed by atoms with Gasteiger partial charge in [-0.25, -0.2) is 0 Å². The van der Waals surface area contributed by atoms with Crippen LogP contribution < -0.4 is 5.32 Å². The molecule has 3 rings (SSSR count). The van der Waals surface area contributed by atoms with E-state index in [4.69, 9.17) is 0 Å². The van der Waals surface area contributed by atoms with Gasteiger partial charge in [-0.3, -0.25) is 14.6 Å². The predicted molar refractivity (Wildman–Crippen MR) is 89.4 cm³/mol. The lowest BCUT2D eigenvalue weighted by atomic mass is 9.86. The van der Waals surface area contributed by atoms with Crippen molar-refractivity contribution in [1.29, 1.82) is 0 Å². The number of carbonyl (C=O) groups is 1. The van der Waals surface area contributed by atoms with Crippen LogP contribution >= 0.6 is 0 Å². The molecule has 0 atom stereocenters. The maximum atomic E-state index is 12.2. The van der Waals surface area contributed by atoms with E-state index < -0.39 is 0 Å². The normalized spacial score (nSPS) is 16.0. The number of hydrogen-bond acceptors (Lipinski definition) is 3. The van der Waals surface area contributed by atoms with E-state index in [2.05, 4.69) is 20.6 Å². The second-order valence-corrected chi connectivity index (χ2v) is 6.74. The molecule has 2 aromatic rings. The second kappa shape index (κ2) is 6.98. The van der Waals surface area contributed by atoms with Gasteiger partial charge in [-0.05, 0) is 26.2 Å². The number of H-pyrrole nitrogens is 1. The summed E-state index contributed by atoms with van der Waals surface area (Å²) >= 11 is 0. The van der Waals surface area contributed by atoms with E-state index in [-0.39, 0.29) is 11.9 Å².